The van der Waals surface area contributed by atoms with E-state index < -0.39 is 0 Å². The number of anilines is 2. The topological polar surface area (TPSA) is 132 Å². The molecule has 1 aliphatic rings. The molecule has 0 unspecified atom stereocenters. The minimum absolute atomic E-state index is 0.117. The molecule has 0 aromatic heterocycles. The first-order valence-electron chi connectivity index (χ1n) is 17.9. The molecule has 0 aliphatic carbocycles. The summed E-state index contributed by atoms with van der Waals surface area (Å²) in [6.07, 6.45) is 0. The van der Waals surface area contributed by atoms with Crippen LogP contribution in [0.15, 0.2) is 97.1 Å². The Morgan fingerprint density at radius 2 is 0.833 bits per heavy atom. The van der Waals surface area contributed by atoms with Gasteiger partial charge in [0.05, 0.1) is 75.4 Å². The molecule has 0 bridgehead atoms. The Morgan fingerprint density at radius 3 is 1.24 bits per heavy atom. The average Bonchev–Trinajstić information content (AvgIpc) is 3.17. The summed E-state index contributed by atoms with van der Waals surface area (Å²) >= 11 is 0. The summed E-state index contributed by atoms with van der Waals surface area (Å²) in [6.45, 7) is 11.8. The minimum Gasteiger partial charge on any atom is -0.490 e. The third kappa shape index (κ3) is 12.6. The van der Waals surface area contributed by atoms with Crippen molar-refractivity contribution in [3.63, 3.8) is 0 Å². The molecule has 4 aromatic carbocycles. The monoisotopic (exact) mass is 740 g/mol. The number of para-hydroxylation sites is 2. The van der Waals surface area contributed by atoms with Gasteiger partial charge in [-0.15, -0.1) is 0 Å². The molecule has 1 heterocycles. The largest absolute Gasteiger partial charge is 0.490 e. The second-order valence-electron chi connectivity index (χ2n) is 12.4. The number of carbonyl (C=O) groups excluding carboxylic acids is 2. The van der Waals surface area contributed by atoms with E-state index in [1.54, 1.807) is 60.7 Å². The number of carbonyl (C=O) groups is 2. The van der Waals surface area contributed by atoms with Crippen molar-refractivity contribution in [2.75, 3.05) is 89.9 Å². The maximum Gasteiger partial charge on any atom is 0.259 e. The molecule has 2 amide bonds. The predicted octanol–water partition coefficient (Wildman–Crippen LogP) is 6.66. The number of rotatable bonds is 0. The zero-order chi connectivity index (χ0) is 38.0. The van der Waals surface area contributed by atoms with E-state index in [1.165, 1.54) is 0 Å². The number of fused-ring (bicyclic) bond motifs is 4. The highest BCUT2D eigenvalue weighted by Gasteiger charge is 2.17. The van der Waals surface area contributed by atoms with Crippen LogP contribution in [0.3, 0.4) is 0 Å². The molecule has 0 radical (unpaired) electrons. The number of nitrogens with one attached hydrogen (secondary N) is 2. The quantitative estimate of drug-likeness (QED) is 0.189. The van der Waals surface area contributed by atoms with Gasteiger partial charge in [0.25, 0.3) is 11.8 Å². The second-order valence-corrected chi connectivity index (χ2v) is 12.4. The van der Waals surface area contributed by atoms with E-state index in [0.29, 0.717) is 104 Å². The molecular formula is C42H48N2O10. The molecule has 54 heavy (non-hydrogen) atoms. The fourth-order valence-electron chi connectivity index (χ4n) is 5.26. The van der Waals surface area contributed by atoms with Crippen molar-refractivity contribution in [1.82, 2.24) is 0 Å². The summed E-state index contributed by atoms with van der Waals surface area (Å²) in [5, 5.41) is 5.95. The first-order chi connectivity index (χ1) is 26.4. The zero-order valence-corrected chi connectivity index (χ0v) is 30.9. The van der Waals surface area contributed by atoms with Gasteiger partial charge in [-0.1, -0.05) is 43.0 Å². The molecule has 0 saturated carbocycles. The molecule has 5 rings (SSSR count). The lowest BCUT2D eigenvalue weighted by Crippen LogP contribution is -2.17. The van der Waals surface area contributed by atoms with Crippen LogP contribution in [-0.4, -0.2) is 91.1 Å². The van der Waals surface area contributed by atoms with E-state index in [4.69, 9.17) is 37.9 Å². The van der Waals surface area contributed by atoms with Gasteiger partial charge in [-0.3, -0.25) is 9.59 Å². The van der Waals surface area contributed by atoms with E-state index in [2.05, 4.69) is 17.2 Å². The van der Waals surface area contributed by atoms with Gasteiger partial charge in [0.15, 0.2) is 0 Å². The molecular weight excluding hydrogens is 692 g/mol. The number of hydrogen-bond acceptors (Lipinski definition) is 10. The highest BCUT2D eigenvalue weighted by Crippen LogP contribution is 2.30. The van der Waals surface area contributed by atoms with Gasteiger partial charge in [0, 0.05) is 0 Å². The van der Waals surface area contributed by atoms with Crippen molar-refractivity contribution in [2.24, 2.45) is 0 Å². The average molecular weight is 741 g/mol. The number of benzene rings is 4. The third-order valence-electron chi connectivity index (χ3n) is 7.98. The van der Waals surface area contributed by atoms with Crippen LogP contribution in [0.4, 0.5) is 11.4 Å². The van der Waals surface area contributed by atoms with Gasteiger partial charge in [-0.05, 0) is 79.1 Å². The van der Waals surface area contributed by atoms with E-state index in [9.17, 15) is 9.59 Å². The lowest BCUT2D eigenvalue weighted by molar-refractivity contribution is -0.00702. The molecule has 1 aliphatic heterocycles. The van der Waals surface area contributed by atoms with Crippen molar-refractivity contribution in [3.05, 3.63) is 119 Å². The lowest BCUT2D eigenvalue weighted by atomic mass is 10.1. The molecule has 12 nitrogen and oxygen atoms in total. The van der Waals surface area contributed by atoms with Gasteiger partial charge < -0.3 is 48.5 Å². The van der Waals surface area contributed by atoms with Crippen LogP contribution in [0.5, 0.6) is 23.0 Å². The number of hydrogen-bond donors (Lipinski definition) is 2. The molecule has 4 aromatic rings. The highest BCUT2D eigenvalue weighted by molar-refractivity contribution is 6.07. The minimum atomic E-state index is -0.351. The van der Waals surface area contributed by atoms with Crippen molar-refractivity contribution in [1.29, 1.82) is 0 Å². The van der Waals surface area contributed by atoms with Crippen LogP contribution in [-0.2, 0) is 18.9 Å². The molecule has 2 N–H and O–H groups in total. The van der Waals surface area contributed by atoms with Crippen LogP contribution in [0.25, 0.3) is 0 Å². The maximum absolute atomic E-state index is 13.5. The van der Waals surface area contributed by atoms with Crippen LogP contribution in [0.1, 0.15) is 31.8 Å². The molecule has 0 atom stereocenters. The Hall–Kier alpha value is -5.40. The van der Waals surface area contributed by atoms with Crippen LogP contribution >= 0.6 is 0 Å². The molecule has 12 heteroatoms. The van der Waals surface area contributed by atoms with Gasteiger partial charge >= 0.3 is 0 Å². The smallest absolute Gasteiger partial charge is 0.259 e. The van der Waals surface area contributed by atoms with Gasteiger partial charge in [-0.25, -0.2) is 0 Å². The normalized spacial score (nSPS) is 16.5. The van der Waals surface area contributed by atoms with Crippen molar-refractivity contribution < 1.29 is 47.5 Å². The summed E-state index contributed by atoms with van der Waals surface area (Å²) in [7, 11) is 0. The van der Waals surface area contributed by atoms with Crippen LogP contribution in [0.2, 0.25) is 0 Å². The summed E-state index contributed by atoms with van der Waals surface area (Å²) in [4.78, 5) is 27.0. The van der Waals surface area contributed by atoms with Crippen molar-refractivity contribution >= 4 is 23.2 Å². The van der Waals surface area contributed by atoms with Crippen LogP contribution < -0.4 is 29.6 Å². The van der Waals surface area contributed by atoms with Crippen molar-refractivity contribution in [2.45, 2.75) is 13.8 Å². The van der Waals surface area contributed by atoms with E-state index in [1.807, 2.05) is 38.1 Å². The fraction of sp³-hybridized carbons (Fsp3) is 0.333. The van der Waals surface area contributed by atoms with E-state index >= 15 is 0 Å². The summed E-state index contributed by atoms with van der Waals surface area (Å²) in [5.41, 5.74) is 4.25. The Balaban J connectivity index is 1.27. The summed E-state index contributed by atoms with van der Waals surface area (Å²) < 4.78 is 46.5. The van der Waals surface area contributed by atoms with Crippen LogP contribution in [0, 0.1) is 13.8 Å². The number of aryl methyl sites for hydroxylation is 2. The Labute approximate surface area is 316 Å². The molecule has 0 saturated heterocycles. The Kier molecular flexibility index (Phi) is 15.7. The van der Waals surface area contributed by atoms with Gasteiger partial charge in [0.1, 0.15) is 49.4 Å². The van der Waals surface area contributed by atoms with Gasteiger partial charge in [0.2, 0.25) is 0 Å². The molecule has 0 spiro atoms. The standard InChI is InChI=1S/C42H48N2O10/c1-30-12-14-39-35(26-30)43-41(45)33-8-4-6-10-37(33)51-24-22-49-20-18-47-16-17-48-19-21-50-23-25-52-38-11-7-5-9-34(38)42(46)44-36-27-31(2)13-15-40(36)54-29-32(3)28-53-39/h4-15,26-27H,3,16-25,28-29H2,1-2H3,(H,43,45)(H,44,46). The Morgan fingerprint density at radius 1 is 0.463 bits per heavy atom. The lowest BCUT2D eigenvalue weighted by Gasteiger charge is -2.17. The number of amides is 2. The maximum atomic E-state index is 13.5. The molecule has 286 valence electrons. The summed E-state index contributed by atoms with van der Waals surface area (Å²) in [6, 6.07) is 25.1. The number of ether oxygens (including phenoxy) is 8. The van der Waals surface area contributed by atoms with E-state index in [0.717, 1.165) is 11.1 Å². The SMILES string of the molecule is C=C1COc2ccc(C)cc2NC(=O)c2ccccc2OCCOCCOCCOCCOCCOc2ccccc2C(=O)Nc2cc(C)ccc2OC1. The Bertz CT molecular complexity index is 1710. The highest BCUT2D eigenvalue weighted by atomic mass is 16.6. The van der Waals surface area contributed by atoms with Crippen molar-refractivity contribution in [3.8, 4) is 23.0 Å². The second kappa shape index (κ2) is 21.3. The predicted molar refractivity (Wildman–Crippen MR) is 206 cm³/mol. The first kappa shape index (κ1) is 39.8. The van der Waals surface area contributed by atoms with E-state index in [-0.39, 0.29) is 38.2 Å². The zero-order valence-electron chi connectivity index (χ0n) is 30.9. The summed E-state index contributed by atoms with van der Waals surface area (Å²) in [5.74, 6) is 1.09. The fourth-order valence-corrected chi connectivity index (χ4v) is 5.26. The first-order valence-corrected chi connectivity index (χ1v) is 17.9. The third-order valence-corrected chi connectivity index (χ3v) is 7.98. The van der Waals surface area contributed by atoms with Gasteiger partial charge in [-0.2, -0.15) is 0 Å². The molecule has 0 fully saturated rings.